The van der Waals surface area contributed by atoms with Gasteiger partial charge in [-0.1, -0.05) is 76.5 Å². The average molecular weight is 769 g/mol. The van der Waals surface area contributed by atoms with Crippen LogP contribution in [0.1, 0.15) is 88.7 Å². The highest BCUT2D eigenvalue weighted by atomic mass is 127. The van der Waals surface area contributed by atoms with E-state index < -0.39 is 30.0 Å². The van der Waals surface area contributed by atoms with Gasteiger partial charge in [0, 0.05) is 37.1 Å². The summed E-state index contributed by atoms with van der Waals surface area (Å²) in [6.07, 6.45) is 9.24. The van der Waals surface area contributed by atoms with Crippen LogP contribution < -0.4 is 14.8 Å². The summed E-state index contributed by atoms with van der Waals surface area (Å²) in [5.41, 5.74) is 1.18. The van der Waals surface area contributed by atoms with Gasteiger partial charge in [0.15, 0.2) is 11.5 Å². The number of nitrogens with zero attached hydrogens (tertiary/aromatic N) is 1. The summed E-state index contributed by atoms with van der Waals surface area (Å²) in [6, 6.07) is 8.66. The summed E-state index contributed by atoms with van der Waals surface area (Å²) in [6.45, 7) is 1.68. The number of nitrogens with one attached hydrogen (secondary N) is 1. The van der Waals surface area contributed by atoms with Gasteiger partial charge in [-0.3, -0.25) is 9.59 Å². The molecular formula is C36H50FIN2O7. The predicted molar refractivity (Wildman–Crippen MR) is 187 cm³/mol. The van der Waals surface area contributed by atoms with Crippen molar-refractivity contribution in [2.24, 2.45) is 0 Å². The highest BCUT2D eigenvalue weighted by Crippen LogP contribution is 2.37. The smallest absolute Gasteiger partial charge is 0.247 e. The topological polar surface area (TPSA) is 129 Å². The number of rotatable bonds is 20. The van der Waals surface area contributed by atoms with Crippen LogP contribution in [0.2, 0.25) is 0 Å². The van der Waals surface area contributed by atoms with E-state index in [0.717, 1.165) is 19.3 Å². The molecule has 0 radical (unpaired) electrons. The van der Waals surface area contributed by atoms with Gasteiger partial charge in [-0.05, 0) is 58.9 Å². The number of hydrogen-bond donors (Lipinski definition) is 4. The fourth-order valence-electron chi connectivity index (χ4n) is 5.83. The molecule has 0 bridgehead atoms. The number of aliphatic hydroxyl groups is 3. The van der Waals surface area contributed by atoms with Gasteiger partial charge in [-0.25, -0.2) is 4.39 Å². The monoisotopic (exact) mass is 768 g/mol. The fourth-order valence-corrected chi connectivity index (χ4v) is 6.62. The molecule has 11 heteroatoms. The first-order valence-corrected chi connectivity index (χ1v) is 17.8. The second-order valence-electron chi connectivity index (χ2n) is 12.0. The number of methoxy groups -OCH3 is 1. The van der Waals surface area contributed by atoms with Crippen molar-refractivity contribution in [1.29, 1.82) is 0 Å². The van der Waals surface area contributed by atoms with E-state index in [-0.39, 0.29) is 50.6 Å². The zero-order valence-corrected chi connectivity index (χ0v) is 29.7. The molecule has 9 nitrogen and oxygen atoms in total. The lowest BCUT2D eigenvalue weighted by Gasteiger charge is -2.41. The first-order chi connectivity index (χ1) is 22.7. The maximum absolute atomic E-state index is 14.9. The van der Waals surface area contributed by atoms with Gasteiger partial charge in [0.2, 0.25) is 11.8 Å². The molecule has 1 aliphatic carbocycles. The van der Waals surface area contributed by atoms with E-state index in [0.29, 0.717) is 32.6 Å². The zero-order valence-electron chi connectivity index (χ0n) is 27.6. The molecule has 0 unspecified atom stereocenters. The Morgan fingerprint density at radius 3 is 2.36 bits per heavy atom. The van der Waals surface area contributed by atoms with Gasteiger partial charge in [-0.15, -0.1) is 0 Å². The molecule has 0 spiro atoms. The highest BCUT2D eigenvalue weighted by molar-refractivity contribution is 14.1. The van der Waals surface area contributed by atoms with Crippen LogP contribution in [-0.4, -0.2) is 70.5 Å². The lowest BCUT2D eigenvalue weighted by molar-refractivity contribution is -0.139. The quantitative estimate of drug-likeness (QED) is 0.0992. The summed E-state index contributed by atoms with van der Waals surface area (Å²) in [5, 5.41) is 33.4. The summed E-state index contributed by atoms with van der Waals surface area (Å²) in [7, 11) is 1.46. The van der Waals surface area contributed by atoms with E-state index in [9.17, 15) is 29.3 Å². The number of aliphatic hydroxyl groups excluding tert-OH is 3. The third kappa shape index (κ3) is 11.7. The Morgan fingerprint density at radius 1 is 1.04 bits per heavy atom. The first kappa shape index (κ1) is 38.7. The van der Waals surface area contributed by atoms with E-state index in [2.05, 4.69) is 12.2 Å². The molecule has 2 aromatic rings. The molecule has 3 rings (SSSR count). The third-order valence-corrected chi connectivity index (χ3v) is 9.25. The van der Waals surface area contributed by atoms with Gasteiger partial charge >= 0.3 is 0 Å². The normalized spacial score (nSPS) is 17.6. The van der Waals surface area contributed by atoms with Crippen molar-refractivity contribution in [3.05, 3.63) is 68.6 Å². The Kier molecular flexibility index (Phi) is 17.0. The zero-order chi connectivity index (χ0) is 34.2. The summed E-state index contributed by atoms with van der Waals surface area (Å²) < 4.78 is 27.4. The van der Waals surface area contributed by atoms with Gasteiger partial charge in [0.25, 0.3) is 0 Å². The Hall–Kier alpha value is -2.74. The van der Waals surface area contributed by atoms with Crippen molar-refractivity contribution < 1.29 is 38.8 Å². The summed E-state index contributed by atoms with van der Waals surface area (Å²) >= 11 is 2.05. The van der Waals surface area contributed by atoms with Crippen molar-refractivity contribution in [2.45, 2.75) is 109 Å². The molecule has 0 fully saturated rings. The molecule has 0 aliphatic heterocycles. The van der Waals surface area contributed by atoms with E-state index in [1.165, 1.54) is 56.3 Å². The lowest BCUT2D eigenvalue weighted by atomic mass is 9.87. The Morgan fingerprint density at radius 2 is 1.72 bits per heavy atom. The van der Waals surface area contributed by atoms with E-state index >= 15 is 0 Å². The maximum atomic E-state index is 14.9. The van der Waals surface area contributed by atoms with Crippen LogP contribution in [0.25, 0.3) is 0 Å². The second-order valence-corrected chi connectivity index (χ2v) is 13.1. The van der Waals surface area contributed by atoms with Crippen LogP contribution >= 0.6 is 22.6 Å². The number of halogens is 2. The Bertz CT molecular complexity index is 1320. The molecule has 0 aromatic heterocycles. The van der Waals surface area contributed by atoms with Crippen LogP contribution in [0.5, 0.6) is 11.5 Å². The summed E-state index contributed by atoms with van der Waals surface area (Å²) in [5.74, 6) is -0.525. The molecule has 4 N–H and O–H groups in total. The lowest BCUT2D eigenvalue weighted by Crippen LogP contribution is -2.54. The minimum Gasteiger partial charge on any atom is -0.493 e. The Labute approximate surface area is 291 Å². The predicted octanol–water partition coefficient (Wildman–Crippen LogP) is 5.80. The molecule has 0 saturated heterocycles. The number of carbonyl (C=O) groups excluding carboxylic acids is 2. The minimum atomic E-state index is -1.28. The van der Waals surface area contributed by atoms with Crippen molar-refractivity contribution in [2.75, 3.05) is 20.3 Å². The third-order valence-electron chi connectivity index (χ3n) is 8.45. The molecule has 47 heavy (non-hydrogen) atoms. The number of hydrogen-bond acceptors (Lipinski definition) is 7. The van der Waals surface area contributed by atoms with Gasteiger partial charge in [0.05, 0.1) is 29.9 Å². The SMILES string of the molecule is CCCCCCCCCCCC(=O)N(Cc1ccccc1F)[C@@H]1CC(C(=O)NCCO)=C[C@H](Oc2c(I)cc(CO)cc2OC)[C@H]1O. The molecule has 2 amide bonds. The second kappa shape index (κ2) is 20.6. The van der Waals surface area contributed by atoms with Crippen LogP contribution in [0.15, 0.2) is 48.0 Å². The van der Waals surface area contributed by atoms with Crippen LogP contribution in [-0.2, 0) is 22.7 Å². The van der Waals surface area contributed by atoms with Crippen molar-refractivity contribution in [1.82, 2.24) is 10.2 Å². The number of carbonyl (C=O) groups is 2. The molecule has 0 heterocycles. The van der Waals surface area contributed by atoms with E-state index in [1.807, 2.05) is 22.6 Å². The molecular weight excluding hydrogens is 718 g/mol. The van der Waals surface area contributed by atoms with Gasteiger partial charge in [-0.2, -0.15) is 0 Å². The number of benzene rings is 2. The minimum absolute atomic E-state index is 0.00786. The molecule has 1 aliphatic rings. The molecule has 3 atom stereocenters. The van der Waals surface area contributed by atoms with Crippen molar-refractivity contribution in [3.8, 4) is 11.5 Å². The first-order valence-electron chi connectivity index (χ1n) is 16.7. The summed E-state index contributed by atoms with van der Waals surface area (Å²) in [4.78, 5) is 28.6. The maximum Gasteiger partial charge on any atom is 0.247 e. The van der Waals surface area contributed by atoms with E-state index in [4.69, 9.17) is 9.47 Å². The van der Waals surface area contributed by atoms with Crippen LogP contribution in [0.3, 0.4) is 0 Å². The van der Waals surface area contributed by atoms with Crippen LogP contribution in [0.4, 0.5) is 4.39 Å². The van der Waals surface area contributed by atoms with Crippen molar-refractivity contribution in [3.63, 3.8) is 0 Å². The Balaban J connectivity index is 1.88. The molecule has 0 saturated carbocycles. The fraction of sp³-hybridized carbons (Fsp3) is 0.556. The molecule has 260 valence electrons. The highest BCUT2D eigenvalue weighted by Gasteiger charge is 2.41. The largest absolute Gasteiger partial charge is 0.493 e. The van der Waals surface area contributed by atoms with Crippen LogP contribution in [0, 0.1) is 9.39 Å². The van der Waals surface area contributed by atoms with Gasteiger partial charge < -0.3 is 35.0 Å². The molecule has 2 aromatic carbocycles. The number of amides is 2. The number of ether oxygens (including phenoxy) is 2. The van der Waals surface area contributed by atoms with Crippen molar-refractivity contribution >= 4 is 34.4 Å². The average Bonchev–Trinajstić information content (AvgIpc) is 3.07. The standard InChI is InChI=1S/C36H50FIN2O7/c1-3-4-5-6-7-8-9-10-11-16-33(43)40(23-26-14-12-13-15-28(26)37)30-21-27(36(45)39-17-18-41)22-31(34(30)44)47-35-29(38)19-25(24-42)20-32(35)46-2/h12-15,19-20,22,30-31,34,41-42,44H,3-11,16-18,21,23-24H2,1-2H3,(H,39,45)/t30-,31+,34+/m1/s1. The van der Waals surface area contributed by atoms with Gasteiger partial charge in [0.1, 0.15) is 18.0 Å². The number of unbranched alkanes of at least 4 members (excludes halogenated alkanes) is 8. The van der Waals surface area contributed by atoms with E-state index in [1.54, 1.807) is 30.3 Å².